The van der Waals surface area contributed by atoms with E-state index in [9.17, 15) is 13.6 Å². The van der Waals surface area contributed by atoms with Crippen molar-refractivity contribution in [3.8, 4) is 0 Å². The van der Waals surface area contributed by atoms with E-state index in [1.165, 1.54) is 0 Å². The third-order valence-electron chi connectivity index (χ3n) is 0. The molecule has 0 radical (unpaired) electrons. The Morgan fingerprint density at radius 3 is 0.833 bits per heavy atom. The molecular formula is H2F4OV. The van der Waals surface area contributed by atoms with Gasteiger partial charge < -0.3 is 5.48 Å². The van der Waals surface area contributed by atoms with E-state index in [0.717, 1.165) is 0 Å². The van der Waals surface area contributed by atoms with Gasteiger partial charge in [0, 0.05) is 0 Å². The van der Waals surface area contributed by atoms with Gasteiger partial charge in [-0.3, -0.25) is 0 Å². The van der Waals surface area contributed by atoms with Crippen molar-refractivity contribution in [2.45, 2.75) is 0 Å². The molecule has 0 aliphatic heterocycles. The molecule has 0 atom stereocenters. The van der Waals surface area contributed by atoms with Crippen LogP contribution in [0.1, 0.15) is 0 Å². The molecule has 0 heterocycles. The van der Waals surface area contributed by atoms with Gasteiger partial charge in [0.25, 0.3) is 0 Å². The Morgan fingerprint density at radius 2 is 0.833 bits per heavy atom. The van der Waals surface area contributed by atoms with Crippen molar-refractivity contribution in [2.24, 2.45) is 0 Å². The summed E-state index contributed by atoms with van der Waals surface area (Å²) in [5.41, 5.74) is 0. The van der Waals surface area contributed by atoms with Crippen LogP contribution in [0.3, 0.4) is 0 Å². The summed E-state index contributed by atoms with van der Waals surface area (Å²) in [6.07, 6.45) is 0. The molecule has 0 aliphatic carbocycles. The van der Waals surface area contributed by atoms with Crippen molar-refractivity contribution in [3.63, 3.8) is 0 Å². The summed E-state index contributed by atoms with van der Waals surface area (Å²) in [5.74, 6) is 0. The van der Waals surface area contributed by atoms with Crippen LogP contribution < -0.4 is 0 Å². The maximum atomic E-state index is 9.86. The van der Waals surface area contributed by atoms with Gasteiger partial charge in [-0.25, -0.2) is 0 Å². The molecule has 0 rings (SSSR count). The summed E-state index contributed by atoms with van der Waals surface area (Å²) >= 11 is -6.88. The van der Waals surface area contributed by atoms with Gasteiger partial charge in [0.15, 0.2) is 0 Å². The molecule has 0 aromatic heterocycles. The van der Waals surface area contributed by atoms with E-state index in [4.69, 9.17) is 0 Å². The fraction of sp³-hybridized carbons (Fsp3) is 0. The van der Waals surface area contributed by atoms with E-state index in [-0.39, 0.29) is 5.48 Å². The average molecular weight is 145 g/mol. The topological polar surface area (TPSA) is 31.5 Å². The Bertz CT molecular complexity index is 23.0. The van der Waals surface area contributed by atoms with Gasteiger partial charge in [0.1, 0.15) is 0 Å². The van der Waals surface area contributed by atoms with Crippen LogP contribution in [0.15, 0.2) is 0 Å². The molecule has 0 spiro atoms. The fourth-order valence-electron chi connectivity index (χ4n) is 0. The maximum absolute atomic E-state index is 9.86. The monoisotopic (exact) mass is 145 g/mol. The molecule has 0 aliphatic rings. The Balaban J connectivity index is 0. The molecule has 0 aromatic carbocycles. The van der Waals surface area contributed by atoms with E-state index in [0.29, 0.717) is 0 Å². The first-order valence-electron chi connectivity index (χ1n) is 0.676. The molecule has 2 N–H and O–H groups in total. The van der Waals surface area contributed by atoms with Gasteiger partial charge in [0.05, 0.1) is 0 Å². The zero-order chi connectivity index (χ0) is 4.50. The minimum absolute atomic E-state index is 0. The van der Waals surface area contributed by atoms with Gasteiger partial charge >= 0.3 is 29.6 Å². The van der Waals surface area contributed by atoms with Crippen molar-refractivity contribution in [1.29, 1.82) is 0 Å². The molecule has 0 amide bonds. The van der Waals surface area contributed by atoms with E-state index < -0.39 is 16.0 Å². The van der Waals surface area contributed by atoms with Crippen LogP contribution in [-0.4, -0.2) is 5.48 Å². The van der Waals surface area contributed by atoms with Crippen LogP contribution in [0.2, 0.25) is 0 Å². The zero-order valence-electron chi connectivity index (χ0n) is 2.46. The van der Waals surface area contributed by atoms with E-state index >= 15 is 0 Å². The van der Waals surface area contributed by atoms with E-state index in [1.54, 1.807) is 0 Å². The molecule has 0 unspecified atom stereocenters. The Labute approximate surface area is 36.0 Å². The Morgan fingerprint density at radius 1 is 0.833 bits per heavy atom. The number of rotatable bonds is 0. The second-order valence-corrected chi connectivity index (χ2v) is 1.58. The Kier molecular flexibility index (Phi) is 3.88. The van der Waals surface area contributed by atoms with Crippen molar-refractivity contribution in [3.05, 3.63) is 0 Å². The summed E-state index contributed by atoms with van der Waals surface area (Å²) in [4.78, 5) is 0. The molecule has 0 aromatic rings. The molecule has 41 valence electrons. The van der Waals surface area contributed by atoms with Gasteiger partial charge in [-0.1, -0.05) is 0 Å². The van der Waals surface area contributed by atoms with Crippen molar-refractivity contribution in [2.75, 3.05) is 0 Å². The number of hydrogen-bond acceptors (Lipinski definition) is 0. The van der Waals surface area contributed by atoms with Crippen molar-refractivity contribution in [1.82, 2.24) is 0 Å². The van der Waals surface area contributed by atoms with Crippen LogP contribution in [0.4, 0.5) is 13.6 Å². The molecule has 0 saturated heterocycles. The van der Waals surface area contributed by atoms with Gasteiger partial charge in [-0.2, -0.15) is 0 Å². The SMILES string of the molecule is O.[F][V]([F])([F])[F]. The first kappa shape index (κ1) is 9.55. The van der Waals surface area contributed by atoms with E-state index in [1.807, 2.05) is 0 Å². The van der Waals surface area contributed by atoms with Crippen LogP contribution in [0, 0.1) is 0 Å². The normalized spacial score (nSPS) is 10.0. The molecule has 0 fully saturated rings. The second-order valence-electron chi connectivity index (χ2n) is 0.383. The van der Waals surface area contributed by atoms with Crippen molar-refractivity contribution >= 4 is 0 Å². The summed E-state index contributed by atoms with van der Waals surface area (Å²) in [5, 5.41) is 0. The van der Waals surface area contributed by atoms with E-state index in [2.05, 4.69) is 0 Å². The van der Waals surface area contributed by atoms with Crippen molar-refractivity contribution < 1.29 is 35.1 Å². The van der Waals surface area contributed by atoms with Crippen LogP contribution in [0.25, 0.3) is 0 Å². The fourth-order valence-corrected chi connectivity index (χ4v) is 0. The van der Waals surface area contributed by atoms with Gasteiger partial charge in [-0.15, -0.1) is 0 Å². The van der Waals surface area contributed by atoms with Crippen LogP contribution in [-0.2, 0) is 16.0 Å². The molecule has 6 heteroatoms. The summed E-state index contributed by atoms with van der Waals surface area (Å²) in [6.45, 7) is 0. The zero-order valence-corrected chi connectivity index (χ0v) is 3.86. The summed E-state index contributed by atoms with van der Waals surface area (Å²) < 4.78 is 39.4. The number of hydrogen-bond donors (Lipinski definition) is 0. The first-order valence-corrected chi connectivity index (χ1v) is 2.79. The summed E-state index contributed by atoms with van der Waals surface area (Å²) in [6, 6.07) is 0. The minimum atomic E-state index is -6.88. The van der Waals surface area contributed by atoms with Crippen LogP contribution >= 0.6 is 0 Å². The predicted molar refractivity (Wildman–Crippen MR) is 8.05 cm³/mol. The first-order chi connectivity index (χ1) is 2.00. The molecule has 0 bridgehead atoms. The third-order valence-corrected chi connectivity index (χ3v) is 0. The molecule has 6 heavy (non-hydrogen) atoms. The van der Waals surface area contributed by atoms with Gasteiger partial charge in [-0.05, 0) is 0 Å². The summed E-state index contributed by atoms with van der Waals surface area (Å²) in [7, 11) is 0. The third kappa shape index (κ3) is 650. The predicted octanol–water partition coefficient (Wildman–Crippen LogP) is 0.854. The molecule has 0 saturated carbocycles. The van der Waals surface area contributed by atoms with Gasteiger partial charge in [0.2, 0.25) is 0 Å². The number of halogens is 4. The molecular weight excluding hydrogens is 143 g/mol. The quantitative estimate of drug-likeness (QED) is 0.452. The standard InChI is InChI=1S/4FH.H2O.V/h4*1H;1H2;/q;;;;;+4/p-4. The second kappa shape index (κ2) is 2.44. The average Bonchev–Trinajstić information content (AvgIpc) is 0.722. The molecule has 1 nitrogen and oxygen atoms in total. The van der Waals surface area contributed by atoms with Crippen LogP contribution in [0.5, 0.6) is 0 Å². The Hall–Kier alpha value is 0.264.